The average Bonchev–Trinajstić information content (AvgIpc) is 3.10. The van der Waals surface area contributed by atoms with Gasteiger partial charge in [0.15, 0.2) is 0 Å². The van der Waals surface area contributed by atoms with Gasteiger partial charge in [0.1, 0.15) is 5.75 Å². The van der Waals surface area contributed by atoms with Gasteiger partial charge in [-0.3, -0.25) is 4.79 Å². The van der Waals surface area contributed by atoms with Crippen LogP contribution >= 0.6 is 0 Å². The van der Waals surface area contributed by atoms with Crippen LogP contribution in [0, 0.1) is 5.92 Å². The topological polar surface area (TPSA) is 44.8 Å². The molecule has 5 heteroatoms. The van der Waals surface area contributed by atoms with Crippen LogP contribution < -0.4 is 15.0 Å². The van der Waals surface area contributed by atoms with E-state index in [0.717, 1.165) is 30.2 Å². The van der Waals surface area contributed by atoms with Crippen molar-refractivity contribution in [3.8, 4) is 5.75 Å². The van der Waals surface area contributed by atoms with Crippen LogP contribution in [0.1, 0.15) is 6.42 Å². The standard InChI is InChI=1S/C17H23N3O2/c1-4-17(21)18-14-6-5-13(22-3)9-15(14)20-10-12-7-8-19(2)16(12)11-20/h4-6,9,12,16H,1,7-8,10-11H2,2-3H3,(H,18,21)/t12-,16+/m0/s1. The minimum absolute atomic E-state index is 0.192. The number of nitrogens with one attached hydrogen (secondary N) is 1. The second-order valence-corrected chi connectivity index (χ2v) is 6.08. The first kappa shape index (κ1) is 14.9. The molecule has 2 saturated heterocycles. The van der Waals surface area contributed by atoms with Gasteiger partial charge in [-0.05, 0) is 44.1 Å². The highest BCUT2D eigenvalue weighted by atomic mass is 16.5. The molecule has 22 heavy (non-hydrogen) atoms. The zero-order valence-electron chi connectivity index (χ0n) is 13.2. The molecule has 0 aromatic heterocycles. The Morgan fingerprint density at radius 3 is 2.95 bits per heavy atom. The zero-order valence-corrected chi connectivity index (χ0v) is 13.2. The SMILES string of the molecule is C=CC(=O)Nc1ccc(OC)cc1N1C[C@@H]2CCN(C)[C@@H]2C1. The maximum absolute atomic E-state index is 11.7. The molecule has 1 aromatic carbocycles. The molecule has 1 N–H and O–H groups in total. The molecule has 1 amide bonds. The van der Waals surface area contributed by atoms with E-state index in [-0.39, 0.29) is 5.91 Å². The van der Waals surface area contributed by atoms with Crippen molar-refractivity contribution >= 4 is 17.3 Å². The molecular formula is C17H23N3O2. The van der Waals surface area contributed by atoms with Gasteiger partial charge < -0.3 is 19.9 Å². The van der Waals surface area contributed by atoms with E-state index in [4.69, 9.17) is 4.74 Å². The van der Waals surface area contributed by atoms with Crippen molar-refractivity contribution in [2.75, 3.05) is 44.0 Å². The Labute approximate surface area is 131 Å². The van der Waals surface area contributed by atoms with Gasteiger partial charge in [-0.1, -0.05) is 6.58 Å². The lowest BCUT2D eigenvalue weighted by atomic mass is 10.1. The van der Waals surface area contributed by atoms with Crippen LogP contribution in [0.5, 0.6) is 5.75 Å². The summed E-state index contributed by atoms with van der Waals surface area (Å²) in [5, 5.41) is 2.90. The molecule has 118 valence electrons. The Balaban J connectivity index is 1.87. The summed E-state index contributed by atoms with van der Waals surface area (Å²) in [7, 11) is 3.85. The highest BCUT2D eigenvalue weighted by molar-refractivity contribution is 6.01. The summed E-state index contributed by atoms with van der Waals surface area (Å²) in [6, 6.07) is 6.37. The van der Waals surface area contributed by atoms with E-state index in [1.54, 1.807) is 7.11 Å². The molecule has 0 radical (unpaired) electrons. The first-order chi connectivity index (χ1) is 10.6. The number of nitrogens with zero attached hydrogens (tertiary/aromatic N) is 2. The first-order valence-electron chi connectivity index (χ1n) is 7.69. The number of likely N-dealkylation sites (tertiary alicyclic amines) is 1. The summed E-state index contributed by atoms with van der Waals surface area (Å²) in [4.78, 5) is 16.5. The summed E-state index contributed by atoms with van der Waals surface area (Å²) in [5.41, 5.74) is 1.84. The number of hydrogen-bond acceptors (Lipinski definition) is 4. The highest BCUT2D eigenvalue weighted by Crippen LogP contribution is 2.38. The number of fused-ring (bicyclic) bond motifs is 1. The van der Waals surface area contributed by atoms with Gasteiger partial charge in [0.2, 0.25) is 5.91 Å². The maximum Gasteiger partial charge on any atom is 0.247 e. The third kappa shape index (κ3) is 2.68. The fraction of sp³-hybridized carbons (Fsp3) is 0.471. The predicted octanol–water partition coefficient (Wildman–Crippen LogP) is 1.96. The van der Waals surface area contributed by atoms with Crippen molar-refractivity contribution in [2.24, 2.45) is 5.92 Å². The van der Waals surface area contributed by atoms with Crippen LogP contribution in [0.25, 0.3) is 0 Å². The molecule has 0 saturated carbocycles. The van der Waals surface area contributed by atoms with E-state index in [2.05, 4.69) is 28.7 Å². The van der Waals surface area contributed by atoms with Crippen LogP contribution in [0.3, 0.4) is 0 Å². The molecule has 2 fully saturated rings. The molecule has 0 bridgehead atoms. The van der Waals surface area contributed by atoms with Crippen molar-refractivity contribution in [3.63, 3.8) is 0 Å². The van der Waals surface area contributed by atoms with E-state index in [1.807, 2.05) is 18.2 Å². The Morgan fingerprint density at radius 1 is 1.45 bits per heavy atom. The molecule has 5 nitrogen and oxygen atoms in total. The van der Waals surface area contributed by atoms with Gasteiger partial charge in [-0.15, -0.1) is 0 Å². The fourth-order valence-electron chi connectivity index (χ4n) is 3.56. The summed E-state index contributed by atoms with van der Waals surface area (Å²) in [6.45, 7) is 6.72. The fourth-order valence-corrected chi connectivity index (χ4v) is 3.56. The van der Waals surface area contributed by atoms with Crippen molar-refractivity contribution in [1.29, 1.82) is 0 Å². The van der Waals surface area contributed by atoms with Crippen LogP contribution in [0.4, 0.5) is 11.4 Å². The monoisotopic (exact) mass is 301 g/mol. The third-order valence-corrected chi connectivity index (χ3v) is 4.81. The van der Waals surface area contributed by atoms with E-state index in [0.29, 0.717) is 12.0 Å². The minimum atomic E-state index is -0.192. The highest BCUT2D eigenvalue weighted by Gasteiger charge is 2.40. The second-order valence-electron chi connectivity index (χ2n) is 6.08. The molecule has 2 heterocycles. The van der Waals surface area contributed by atoms with Gasteiger partial charge in [0.05, 0.1) is 18.5 Å². The molecule has 1 aromatic rings. The Kier molecular flexibility index (Phi) is 4.07. The smallest absolute Gasteiger partial charge is 0.247 e. The van der Waals surface area contributed by atoms with Crippen molar-refractivity contribution in [2.45, 2.75) is 12.5 Å². The van der Waals surface area contributed by atoms with Gasteiger partial charge in [0.25, 0.3) is 0 Å². The largest absolute Gasteiger partial charge is 0.497 e. The lowest BCUT2D eigenvalue weighted by molar-refractivity contribution is -0.111. The number of anilines is 2. The van der Waals surface area contributed by atoms with Crippen LogP contribution in [0.15, 0.2) is 30.9 Å². The lowest BCUT2D eigenvalue weighted by Crippen LogP contribution is -2.32. The Morgan fingerprint density at radius 2 is 2.27 bits per heavy atom. The number of benzene rings is 1. The van der Waals surface area contributed by atoms with Crippen LogP contribution in [-0.4, -0.2) is 50.6 Å². The minimum Gasteiger partial charge on any atom is -0.497 e. The summed E-state index contributed by atoms with van der Waals surface area (Å²) < 4.78 is 5.35. The normalized spacial score (nSPS) is 24.2. The number of ether oxygens (including phenoxy) is 1. The molecular weight excluding hydrogens is 278 g/mol. The number of carbonyl (C=O) groups is 1. The lowest BCUT2D eigenvalue weighted by Gasteiger charge is -2.25. The predicted molar refractivity (Wildman–Crippen MR) is 88.6 cm³/mol. The molecule has 2 atom stereocenters. The molecule has 0 aliphatic carbocycles. The maximum atomic E-state index is 11.7. The molecule has 3 rings (SSSR count). The summed E-state index contributed by atoms with van der Waals surface area (Å²) >= 11 is 0. The quantitative estimate of drug-likeness (QED) is 0.864. The van der Waals surface area contributed by atoms with Crippen LogP contribution in [0.2, 0.25) is 0 Å². The first-order valence-corrected chi connectivity index (χ1v) is 7.69. The molecule has 2 aliphatic heterocycles. The number of amides is 1. The van der Waals surface area contributed by atoms with Crippen molar-refractivity contribution < 1.29 is 9.53 Å². The van der Waals surface area contributed by atoms with E-state index >= 15 is 0 Å². The van der Waals surface area contributed by atoms with Crippen molar-refractivity contribution in [1.82, 2.24) is 4.90 Å². The van der Waals surface area contributed by atoms with Gasteiger partial charge >= 0.3 is 0 Å². The van der Waals surface area contributed by atoms with E-state index in [9.17, 15) is 4.79 Å². The zero-order chi connectivity index (χ0) is 15.7. The second kappa shape index (κ2) is 6.01. The number of rotatable bonds is 4. The van der Waals surface area contributed by atoms with Gasteiger partial charge in [-0.2, -0.15) is 0 Å². The van der Waals surface area contributed by atoms with Gasteiger partial charge in [-0.25, -0.2) is 0 Å². The third-order valence-electron chi connectivity index (χ3n) is 4.81. The van der Waals surface area contributed by atoms with E-state index in [1.165, 1.54) is 19.0 Å². The Bertz CT molecular complexity index is 587. The Hall–Kier alpha value is -2.01. The van der Waals surface area contributed by atoms with Crippen molar-refractivity contribution in [3.05, 3.63) is 30.9 Å². The molecule has 2 aliphatic rings. The van der Waals surface area contributed by atoms with Crippen LogP contribution in [-0.2, 0) is 4.79 Å². The molecule has 0 spiro atoms. The average molecular weight is 301 g/mol. The summed E-state index contributed by atoms with van der Waals surface area (Å²) in [6.07, 6.45) is 2.54. The van der Waals surface area contributed by atoms with Gasteiger partial charge in [0, 0.05) is 25.2 Å². The molecule has 0 unspecified atom stereocenters. The summed E-state index contributed by atoms with van der Waals surface area (Å²) in [5.74, 6) is 1.32. The number of carbonyl (C=O) groups excluding carboxylic acids is 1. The number of likely N-dealkylation sites (N-methyl/N-ethyl adjacent to an activating group) is 1. The number of hydrogen-bond donors (Lipinski definition) is 1. The van der Waals surface area contributed by atoms with E-state index < -0.39 is 0 Å². The number of methoxy groups -OCH3 is 1.